The van der Waals surface area contributed by atoms with Crippen molar-refractivity contribution in [2.24, 2.45) is 13.0 Å². The highest BCUT2D eigenvalue weighted by Crippen LogP contribution is 2.40. The Labute approximate surface area is 159 Å². The van der Waals surface area contributed by atoms with E-state index < -0.39 is 0 Å². The number of amides is 2. The van der Waals surface area contributed by atoms with Gasteiger partial charge < -0.3 is 14.4 Å². The monoisotopic (exact) mass is 366 g/mol. The second kappa shape index (κ2) is 6.36. The molecule has 2 saturated carbocycles. The molecule has 2 heterocycles. The van der Waals surface area contributed by atoms with E-state index in [1.165, 1.54) is 19.3 Å². The van der Waals surface area contributed by atoms with Crippen LogP contribution in [0.4, 0.5) is 0 Å². The quantitative estimate of drug-likeness (QED) is 0.839. The highest BCUT2D eigenvalue weighted by atomic mass is 16.2. The lowest BCUT2D eigenvalue weighted by atomic mass is 9.84. The van der Waals surface area contributed by atoms with Crippen molar-refractivity contribution in [3.8, 4) is 0 Å². The molecule has 3 fully saturated rings. The van der Waals surface area contributed by atoms with E-state index in [1.54, 1.807) is 0 Å². The minimum absolute atomic E-state index is 0.0475. The van der Waals surface area contributed by atoms with Crippen LogP contribution in [-0.2, 0) is 11.8 Å². The zero-order chi connectivity index (χ0) is 18.5. The zero-order valence-corrected chi connectivity index (χ0v) is 15.9. The summed E-state index contributed by atoms with van der Waals surface area (Å²) in [6.45, 7) is 2.53. The van der Waals surface area contributed by atoms with Gasteiger partial charge in [-0.25, -0.2) is 4.98 Å². The number of carbonyl (C=O) groups excluding carboxylic acids is 2. The number of aryl methyl sites for hydroxylation is 1. The summed E-state index contributed by atoms with van der Waals surface area (Å²) in [5, 5.41) is 0. The number of fused-ring (bicyclic) bond motifs is 1. The lowest BCUT2D eigenvalue weighted by Crippen LogP contribution is -2.52. The molecule has 6 nitrogen and oxygen atoms in total. The summed E-state index contributed by atoms with van der Waals surface area (Å²) >= 11 is 0. The largest absolute Gasteiger partial charge is 0.339 e. The molecule has 142 valence electrons. The highest BCUT2D eigenvalue weighted by molar-refractivity contribution is 5.97. The first-order valence-corrected chi connectivity index (χ1v) is 10.2. The molecule has 6 heteroatoms. The molecule has 3 aliphatic rings. The summed E-state index contributed by atoms with van der Waals surface area (Å²) in [7, 11) is 2.06. The minimum Gasteiger partial charge on any atom is -0.339 e. The molecule has 2 amide bonds. The van der Waals surface area contributed by atoms with Crippen molar-refractivity contribution in [1.82, 2.24) is 19.4 Å². The van der Waals surface area contributed by atoms with E-state index in [9.17, 15) is 9.59 Å². The maximum absolute atomic E-state index is 12.9. The number of piperazine rings is 1. The van der Waals surface area contributed by atoms with Crippen molar-refractivity contribution in [3.05, 3.63) is 29.6 Å². The minimum atomic E-state index is 0.0475. The van der Waals surface area contributed by atoms with Gasteiger partial charge in [-0.2, -0.15) is 0 Å². The van der Waals surface area contributed by atoms with Gasteiger partial charge >= 0.3 is 0 Å². The van der Waals surface area contributed by atoms with Crippen LogP contribution in [0.25, 0.3) is 11.0 Å². The zero-order valence-electron chi connectivity index (χ0n) is 15.9. The molecule has 0 radical (unpaired) electrons. The Morgan fingerprint density at radius 1 is 1.00 bits per heavy atom. The fourth-order valence-electron chi connectivity index (χ4n) is 4.28. The van der Waals surface area contributed by atoms with Gasteiger partial charge in [0.2, 0.25) is 5.91 Å². The second-order valence-corrected chi connectivity index (χ2v) is 8.25. The Kier molecular flexibility index (Phi) is 3.95. The van der Waals surface area contributed by atoms with Gasteiger partial charge in [0.1, 0.15) is 5.82 Å². The van der Waals surface area contributed by atoms with Gasteiger partial charge in [0.05, 0.1) is 11.0 Å². The van der Waals surface area contributed by atoms with Crippen LogP contribution < -0.4 is 0 Å². The van der Waals surface area contributed by atoms with Crippen LogP contribution in [0.3, 0.4) is 0 Å². The van der Waals surface area contributed by atoms with Crippen molar-refractivity contribution < 1.29 is 9.59 Å². The van der Waals surface area contributed by atoms with Gasteiger partial charge in [-0.3, -0.25) is 9.59 Å². The van der Waals surface area contributed by atoms with Crippen LogP contribution in [0.15, 0.2) is 18.2 Å². The Balaban J connectivity index is 1.29. The Bertz CT molecular complexity index is 902. The lowest BCUT2D eigenvalue weighted by Gasteiger charge is -2.38. The predicted molar refractivity (Wildman–Crippen MR) is 103 cm³/mol. The molecule has 0 spiro atoms. The summed E-state index contributed by atoms with van der Waals surface area (Å²) in [5.41, 5.74) is 2.69. The first-order valence-electron chi connectivity index (χ1n) is 10.2. The average molecular weight is 366 g/mol. The van der Waals surface area contributed by atoms with E-state index in [1.807, 2.05) is 28.0 Å². The molecule has 1 aromatic heterocycles. The van der Waals surface area contributed by atoms with Crippen LogP contribution in [0, 0.1) is 5.92 Å². The standard InChI is InChI=1S/C21H26N4O2/c1-23-18-8-7-16(13-17(18)22-19(23)14-5-6-14)21(27)25-11-9-24(10-12-25)20(26)15-3-2-4-15/h7-8,13-15H,2-6,9-12H2,1H3. The third-order valence-corrected chi connectivity index (χ3v) is 6.44. The van der Waals surface area contributed by atoms with Crippen LogP contribution in [0.5, 0.6) is 0 Å². The van der Waals surface area contributed by atoms with Crippen LogP contribution in [-0.4, -0.2) is 57.3 Å². The Morgan fingerprint density at radius 3 is 2.33 bits per heavy atom. The number of hydrogen-bond donors (Lipinski definition) is 0. The number of rotatable bonds is 3. The maximum Gasteiger partial charge on any atom is 0.254 e. The molecule has 2 aliphatic carbocycles. The van der Waals surface area contributed by atoms with Gasteiger partial charge in [0, 0.05) is 50.6 Å². The van der Waals surface area contributed by atoms with Crippen LogP contribution >= 0.6 is 0 Å². The third kappa shape index (κ3) is 2.91. The van der Waals surface area contributed by atoms with E-state index in [0.29, 0.717) is 37.7 Å². The average Bonchev–Trinajstić information content (AvgIpc) is 3.44. The molecule has 0 atom stereocenters. The molecule has 5 rings (SSSR count). The van der Waals surface area contributed by atoms with E-state index in [4.69, 9.17) is 4.98 Å². The Hall–Kier alpha value is -2.37. The predicted octanol–water partition coefficient (Wildman–Crippen LogP) is 2.54. The highest BCUT2D eigenvalue weighted by Gasteiger charge is 2.32. The fraction of sp³-hybridized carbons (Fsp3) is 0.571. The summed E-state index contributed by atoms with van der Waals surface area (Å²) in [6.07, 6.45) is 5.67. The Morgan fingerprint density at radius 2 is 1.70 bits per heavy atom. The first-order chi connectivity index (χ1) is 13.1. The lowest BCUT2D eigenvalue weighted by molar-refractivity contribution is -0.139. The van der Waals surface area contributed by atoms with Crippen LogP contribution in [0.2, 0.25) is 0 Å². The van der Waals surface area contributed by atoms with Crippen molar-refractivity contribution in [3.63, 3.8) is 0 Å². The molecular weight excluding hydrogens is 340 g/mol. The summed E-state index contributed by atoms with van der Waals surface area (Å²) < 4.78 is 2.16. The SMILES string of the molecule is Cn1c(C2CC2)nc2cc(C(=O)N3CCN(C(=O)C4CCC4)CC3)ccc21. The summed E-state index contributed by atoms with van der Waals surface area (Å²) in [6, 6.07) is 5.85. The van der Waals surface area contributed by atoms with Crippen molar-refractivity contribution in [2.45, 2.75) is 38.0 Å². The molecule has 1 aliphatic heterocycles. The van der Waals surface area contributed by atoms with Gasteiger partial charge in [0.15, 0.2) is 0 Å². The van der Waals surface area contributed by atoms with E-state index >= 15 is 0 Å². The number of imidazole rings is 1. The number of carbonyl (C=O) groups is 2. The molecule has 1 saturated heterocycles. The van der Waals surface area contributed by atoms with E-state index in [2.05, 4.69) is 11.6 Å². The topological polar surface area (TPSA) is 58.4 Å². The van der Waals surface area contributed by atoms with Crippen LogP contribution in [0.1, 0.15) is 54.2 Å². The maximum atomic E-state index is 12.9. The van der Waals surface area contributed by atoms with Crippen molar-refractivity contribution >= 4 is 22.8 Å². The van der Waals surface area contributed by atoms with Gasteiger partial charge in [-0.15, -0.1) is 0 Å². The molecular formula is C21H26N4O2. The smallest absolute Gasteiger partial charge is 0.254 e. The molecule has 0 N–H and O–H groups in total. The first kappa shape index (κ1) is 16.8. The van der Waals surface area contributed by atoms with Gasteiger partial charge in [-0.1, -0.05) is 6.42 Å². The number of nitrogens with zero attached hydrogens (tertiary/aromatic N) is 4. The van der Waals surface area contributed by atoms with Crippen molar-refractivity contribution in [1.29, 1.82) is 0 Å². The molecule has 0 bridgehead atoms. The normalized spacial score (nSPS) is 20.8. The van der Waals surface area contributed by atoms with E-state index in [0.717, 1.165) is 29.7 Å². The third-order valence-electron chi connectivity index (χ3n) is 6.44. The van der Waals surface area contributed by atoms with Gasteiger partial charge in [-0.05, 0) is 43.9 Å². The molecule has 27 heavy (non-hydrogen) atoms. The number of hydrogen-bond acceptors (Lipinski definition) is 3. The van der Waals surface area contributed by atoms with E-state index in [-0.39, 0.29) is 17.7 Å². The fourth-order valence-corrected chi connectivity index (χ4v) is 4.28. The number of aromatic nitrogens is 2. The van der Waals surface area contributed by atoms with Crippen molar-refractivity contribution in [2.75, 3.05) is 26.2 Å². The molecule has 0 unspecified atom stereocenters. The summed E-state index contributed by atoms with van der Waals surface area (Å²) in [5.74, 6) is 2.29. The molecule has 1 aromatic carbocycles. The summed E-state index contributed by atoms with van der Waals surface area (Å²) in [4.78, 5) is 33.9. The number of benzene rings is 1. The second-order valence-electron chi connectivity index (χ2n) is 8.25. The van der Waals surface area contributed by atoms with Gasteiger partial charge in [0.25, 0.3) is 5.91 Å². The molecule has 2 aromatic rings.